The van der Waals surface area contributed by atoms with E-state index in [-0.39, 0.29) is 21.7 Å². The van der Waals surface area contributed by atoms with Crippen LogP contribution in [-0.2, 0) is 52.3 Å². The molecule has 0 aliphatic heterocycles. The third kappa shape index (κ3) is 13.8. The summed E-state index contributed by atoms with van der Waals surface area (Å²) in [5.74, 6) is 0.468. The molecule has 0 bridgehead atoms. The Bertz CT molecular complexity index is 1910. The molecule has 56 heavy (non-hydrogen) atoms. The summed E-state index contributed by atoms with van der Waals surface area (Å²) in [7, 11) is 0. The topological polar surface area (TPSA) is 0 Å². The van der Waals surface area contributed by atoms with Crippen molar-refractivity contribution in [2.24, 2.45) is 5.92 Å². The minimum atomic E-state index is 0.177. The molecular weight excluding hydrogens is 752 g/mol. The zero-order valence-electron chi connectivity index (χ0n) is 37.0. The van der Waals surface area contributed by atoms with Gasteiger partial charge in [0.15, 0.2) is 0 Å². The number of hydrogen-bond donors (Lipinski definition) is 0. The van der Waals surface area contributed by atoms with E-state index in [1.165, 1.54) is 85.5 Å². The van der Waals surface area contributed by atoms with Gasteiger partial charge in [-0.3, -0.25) is 6.08 Å². The monoisotopic (exact) mass is 816 g/mol. The second-order valence-corrected chi connectivity index (χ2v) is 18.9. The van der Waals surface area contributed by atoms with Gasteiger partial charge in [-0.05, 0) is 28.2 Å². The molecule has 1 unspecified atom stereocenters. The van der Waals surface area contributed by atoms with Crippen LogP contribution in [0.5, 0.6) is 0 Å². The van der Waals surface area contributed by atoms with Crippen LogP contribution in [0.3, 0.4) is 0 Å². The van der Waals surface area contributed by atoms with Crippen molar-refractivity contribution < 1.29 is 24.2 Å². The van der Waals surface area contributed by atoms with Crippen molar-refractivity contribution >= 4 is 9.78 Å². The van der Waals surface area contributed by atoms with E-state index in [2.05, 4.69) is 210 Å². The second-order valence-electron chi connectivity index (χ2n) is 18.9. The summed E-state index contributed by atoms with van der Waals surface area (Å²) in [6, 6.07) is 47.9. The molecule has 1 heteroatoms. The van der Waals surface area contributed by atoms with Gasteiger partial charge in [0.05, 0.1) is 0 Å². The summed E-state index contributed by atoms with van der Waals surface area (Å²) in [4.78, 5) is 0. The molecule has 5 aromatic carbocycles. The first-order valence-corrected chi connectivity index (χ1v) is 21.7. The number of allylic oxidation sites excluding steroid dienone is 4. The summed E-state index contributed by atoms with van der Waals surface area (Å²) < 4.78 is 3.34. The van der Waals surface area contributed by atoms with Gasteiger partial charge in [-0.1, -0.05) is 168 Å². The van der Waals surface area contributed by atoms with Gasteiger partial charge in [0.1, 0.15) is 0 Å². The van der Waals surface area contributed by atoms with Crippen molar-refractivity contribution in [3.8, 4) is 11.1 Å². The third-order valence-corrected chi connectivity index (χ3v) is 10.0. The van der Waals surface area contributed by atoms with E-state index >= 15 is 0 Å². The molecule has 7 rings (SSSR count). The molecule has 294 valence electrons. The van der Waals surface area contributed by atoms with Crippen molar-refractivity contribution in [1.82, 2.24) is 0 Å². The molecule has 0 radical (unpaired) electrons. The normalized spacial score (nSPS) is 14.3. The average Bonchev–Trinajstić information content (AvgIpc) is 3.70. The Morgan fingerprint density at radius 3 is 1.45 bits per heavy atom. The molecule has 5 aromatic rings. The molecule has 0 aromatic heterocycles. The first kappa shape index (κ1) is 46.7. The van der Waals surface area contributed by atoms with Crippen LogP contribution >= 0.6 is 0 Å². The van der Waals surface area contributed by atoms with Gasteiger partial charge in [0.25, 0.3) is 0 Å². The maximum absolute atomic E-state index is 3.53. The maximum atomic E-state index is 3.53. The summed E-state index contributed by atoms with van der Waals surface area (Å²) in [5.41, 5.74) is 16.0. The van der Waals surface area contributed by atoms with Gasteiger partial charge >= 0.3 is 28.4 Å². The fourth-order valence-electron chi connectivity index (χ4n) is 6.52. The van der Waals surface area contributed by atoms with Crippen LogP contribution in [-0.4, -0.2) is 4.21 Å². The third-order valence-electron chi connectivity index (χ3n) is 10.0. The van der Waals surface area contributed by atoms with E-state index in [4.69, 9.17) is 0 Å². The summed E-state index contributed by atoms with van der Waals surface area (Å²) in [6.07, 6.45) is 6.69. The van der Waals surface area contributed by atoms with E-state index in [1.54, 1.807) is 0 Å². The second kappa shape index (κ2) is 20.2. The van der Waals surface area contributed by atoms with Crippen molar-refractivity contribution in [2.45, 2.75) is 125 Å². The van der Waals surface area contributed by atoms with Crippen LogP contribution in [0.25, 0.3) is 16.7 Å². The van der Waals surface area contributed by atoms with E-state index in [0.717, 1.165) is 6.42 Å². The van der Waals surface area contributed by atoms with Crippen LogP contribution in [0.15, 0.2) is 121 Å². The first-order chi connectivity index (χ1) is 26.1. The van der Waals surface area contributed by atoms with Gasteiger partial charge in [0.2, 0.25) is 0 Å². The Labute approximate surface area is 357 Å². The van der Waals surface area contributed by atoms with E-state index in [1.807, 2.05) is 30.3 Å². The Balaban J connectivity index is 0.000000208. The van der Waals surface area contributed by atoms with Gasteiger partial charge in [-0.15, -0.1) is 11.1 Å². The number of benzene rings is 5. The molecular formula is C55H66Zr-4. The van der Waals surface area contributed by atoms with Gasteiger partial charge in [-0.2, -0.15) is 113 Å². The average molecular weight is 818 g/mol. The quantitative estimate of drug-likeness (QED) is 0.145. The summed E-state index contributed by atoms with van der Waals surface area (Å²) >= 11 is 1.30. The Hall–Kier alpha value is -3.67. The Kier molecular flexibility index (Phi) is 16.8. The van der Waals surface area contributed by atoms with Crippen LogP contribution in [0.2, 0.25) is 0 Å². The van der Waals surface area contributed by atoms with Gasteiger partial charge in [0, 0.05) is 0 Å². The fourth-order valence-corrected chi connectivity index (χ4v) is 6.52. The van der Waals surface area contributed by atoms with Crippen molar-refractivity contribution in [3.63, 3.8) is 0 Å². The molecule has 0 N–H and O–H groups in total. The van der Waals surface area contributed by atoms with Crippen LogP contribution in [0.1, 0.15) is 136 Å². The zero-order chi connectivity index (χ0) is 41.9. The molecule has 0 nitrogen and oxygen atoms in total. The summed E-state index contributed by atoms with van der Waals surface area (Å²) in [5, 5.41) is 0. The van der Waals surface area contributed by atoms with Crippen LogP contribution in [0, 0.1) is 30.2 Å². The Morgan fingerprint density at radius 1 is 0.571 bits per heavy atom. The molecule has 1 atom stereocenters. The van der Waals surface area contributed by atoms with Crippen LogP contribution < -0.4 is 0 Å². The van der Waals surface area contributed by atoms with Crippen LogP contribution in [0.4, 0.5) is 0 Å². The fraction of sp³-hybridized carbons (Fsp3) is 0.364. The zero-order valence-corrected chi connectivity index (χ0v) is 39.4. The van der Waals surface area contributed by atoms with Gasteiger partial charge < -0.3 is 0 Å². The number of fused-ring (bicyclic) bond motifs is 3. The number of rotatable bonds is 1. The molecule has 0 saturated heterocycles. The van der Waals surface area contributed by atoms with Crippen molar-refractivity contribution in [3.05, 3.63) is 184 Å². The molecule has 0 spiro atoms. The molecule has 0 fully saturated rings. The van der Waals surface area contributed by atoms with E-state index < -0.39 is 0 Å². The molecule has 2 aliphatic carbocycles. The SMILES string of the molecule is CC(C)(C)c1c[c-]c2c(c1)-c1cc(C(C)(C)C)ccc1C2.CC(C)(C)c1cc[c-]cc1.CC(C)(C)c1cc[c-]cc1.CC1=[C-]C(C)C=C1c1ccccc1.[CH2]=[Zr]. The summed E-state index contributed by atoms with van der Waals surface area (Å²) in [6.45, 7) is 31.2. The number of hydrogen-bond acceptors (Lipinski definition) is 0. The van der Waals surface area contributed by atoms with Crippen molar-refractivity contribution in [1.29, 1.82) is 0 Å². The predicted molar refractivity (Wildman–Crippen MR) is 242 cm³/mol. The van der Waals surface area contributed by atoms with E-state index in [9.17, 15) is 0 Å². The van der Waals surface area contributed by atoms with Crippen molar-refractivity contribution in [2.75, 3.05) is 0 Å². The Morgan fingerprint density at radius 2 is 1.04 bits per heavy atom. The molecule has 0 amide bonds. The predicted octanol–water partition coefficient (Wildman–Crippen LogP) is 14.7. The first-order valence-electron chi connectivity index (χ1n) is 20.0. The molecule has 0 saturated carbocycles. The standard InChI is InChI=1S/C21H25.C13H13.2C10H13.CH2.Zr/c1-20(2,3)16-9-7-14-11-15-8-10-17(21(4,5)6)13-19(15)18(14)12-16;1-10-8-11(2)13(9-10)12-6-4-3-5-7-12;2*1-10(2,3)9-7-5-4-6-8-9;;/h7,9-10,12-13H,11H2,1-6H3;3-7,9-10H,1-2H3;2*5-8H,1-3H3;1H2;/q4*-1;;. The molecule has 0 heterocycles. The van der Waals surface area contributed by atoms with E-state index in [0.29, 0.717) is 5.92 Å². The molecule has 2 aliphatic rings. The van der Waals surface area contributed by atoms with Gasteiger partial charge in [-0.25, -0.2) is 5.57 Å². The minimum absolute atomic E-state index is 0.177.